The number of halogens is 5. The van der Waals surface area contributed by atoms with Crippen molar-refractivity contribution in [1.82, 2.24) is 19.6 Å². The van der Waals surface area contributed by atoms with Gasteiger partial charge in [0.25, 0.3) is 0 Å². The molecule has 2 heterocycles. The van der Waals surface area contributed by atoms with Gasteiger partial charge in [-0.3, -0.25) is 9.38 Å². The number of hydrogen-bond donors (Lipinski definition) is 0. The molecular formula is C17H15F5N4O3. The molecule has 1 aromatic carbocycles. The fraction of sp³-hybridized carbons (Fsp3) is 0.353. The maximum atomic E-state index is 13.9. The van der Waals surface area contributed by atoms with Gasteiger partial charge in [0.2, 0.25) is 5.82 Å². The molecule has 3 aromatic rings. The van der Waals surface area contributed by atoms with E-state index in [1.807, 2.05) is 0 Å². The van der Waals surface area contributed by atoms with E-state index in [2.05, 4.69) is 24.7 Å². The van der Waals surface area contributed by atoms with Crippen molar-refractivity contribution in [2.75, 3.05) is 14.2 Å². The van der Waals surface area contributed by atoms with Crippen LogP contribution in [0.1, 0.15) is 24.4 Å². The lowest BCUT2D eigenvalue weighted by Gasteiger charge is -2.18. The number of benzene rings is 1. The average Bonchev–Trinajstić information content (AvgIpc) is 3.10. The molecule has 0 spiro atoms. The predicted octanol–water partition coefficient (Wildman–Crippen LogP) is 4.09. The molecule has 156 valence electrons. The van der Waals surface area contributed by atoms with Crippen molar-refractivity contribution in [2.24, 2.45) is 0 Å². The topological polar surface area (TPSA) is 70.8 Å². The normalized spacial score (nSPS) is 13.7. The Morgan fingerprint density at radius 1 is 1.07 bits per heavy atom. The van der Waals surface area contributed by atoms with Crippen LogP contribution < -0.4 is 4.74 Å². The minimum atomic E-state index is -4.87. The summed E-state index contributed by atoms with van der Waals surface area (Å²) < 4.78 is 79.8. The Bertz CT molecular complexity index is 1020. The maximum Gasteiger partial charge on any atom is 0.573 e. The zero-order valence-corrected chi connectivity index (χ0v) is 15.4. The lowest BCUT2D eigenvalue weighted by atomic mass is 10.0. The third-order valence-corrected chi connectivity index (χ3v) is 4.13. The fourth-order valence-corrected chi connectivity index (χ4v) is 2.66. The Hall–Kier alpha value is -2.86. The van der Waals surface area contributed by atoms with Crippen molar-refractivity contribution < 1.29 is 36.2 Å². The van der Waals surface area contributed by atoms with Crippen LogP contribution in [-0.2, 0) is 15.6 Å². The predicted molar refractivity (Wildman–Crippen MR) is 89.2 cm³/mol. The van der Waals surface area contributed by atoms with E-state index in [-0.39, 0.29) is 11.3 Å². The fourth-order valence-electron chi connectivity index (χ4n) is 2.66. The maximum absolute atomic E-state index is 13.9. The van der Waals surface area contributed by atoms with Gasteiger partial charge < -0.3 is 14.2 Å². The minimum absolute atomic E-state index is 0.0406. The van der Waals surface area contributed by atoms with Gasteiger partial charge in [-0.15, -0.1) is 23.4 Å². The van der Waals surface area contributed by atoms with Crippen molar-refractivity contribution >= 4 is 5.65 Å². The second-order valence-electron chi connectivity index (χ2n) is 5.92. The molecule has 0 saturated heterocycles. The second kappa shape index (κ2) is 7.52. The number of hydrogen-bond acceptors (Lipinski definition) is 6. The third-order valence-electron chi connectivity index (χ3n) is 4.13. The number of methoxy groups -OCH3 is 2. The Labute approximate surface area is 161 Å². The highest BCUT2D eigenvalue weighted by Crippen LogP contribution is 2.34. The average molecular weight is 418 g/mol. The molecule has 0 saturated carbocycles. The van der Waals surface area contributed by atoms with E-state index in [1.165, 1.54) is 25.6 Å². The van der Waals surface area contributed by atoms with Gasteiger partial charge in [0.1, 0.15) is 5.75 Å². The highest BCUT2D eigenvalue weighted by Gasteiger charge is 2.37. The zero-order chi connectivity index (χ0) is 21.4. The molecule has 12 heteroatoms. The summed E-state index contributed by atoms with van der Waals surface area (Å²) in [5.41, 5.74) is 0.895. The monoisotopic (exact) mass is 418 g/mol. The van der Waals surface area contributed by atoms with Crippen molar-refractivity contribution in [3.8, 4) is 17.0 Å². The van der Waals surface area contributed by atoms with Crippen LogP contribution in [0.15, 0.2) is 30.6 Å². The largest absolute Gasteiger partial charge is 0.573 e. The second-order valence-corrected chi connectivity index (χ2v) is 5.92. The lowest BCUT2D eigenvalue weighted by molar-refractivity contribution is -0.274. The van der Waals surface area contributed by atoms with E-state index in [0.29, 0.717) is 11.1 Å². The van der Waals surface area contributed by atoms with Crippen molar-refractivity contribution in [2.45, 2.75) is 25.5 Å². The molecule has 1 unspecified atom stereocenters. The first-order valence-corrected chi connectivity index (χ1v) is 8.13. The van der Waals surface area contributed by atoms with E-state index in [1.54, 1.807) is 6.92 Å². The number of nitrogens with zero attached hydrogens (tertiary/aromatic N) is 4. The van der Waals surface area contributed by atoms with Crippen LogP contribution in [0.25, 0.3) is 16.9 Å². The van der Waals surface area contributed by atoms with Gasteiger partial charge in [-0.2, -0.15) is 8.78 Å². The van der Waals surface area contributed by atoms with E-state index < -0.39 is 30.1 Å². The van der Waals surface area contributed by atoms with Gasteiger partial charge in [0.05, 0.1) is 18.0 Å². The number of rotatable bonds is 6. The summed E-state index contributed by atoms with van der Waals surface area (Å²) in [5, 5.41) is 7.05. The molecule has 0 aliphatic rings. The van der Waals surface area contributed by atoms with Gasteiger partial charge in [0, 0.05) is 26.0 Å². The molecule has 0 radical (unpaired) electrons. The highest BCUT2D eigenvalue weighted by atomic mass is 19.4. The molecule has 2 aromatic heterocycles. The number of fused-ring (bicyclic) bond motifs is 1. The Kier molecular flexibility index (Phi) is 5.41. The van der Waals surface area contributed by atoms with Gasteiger partial charge in [-0.25, -0.2) is 0 Å². The zero-order valence-electron chi connectivity index (χ0n) is 15.4. The van der Waals surface area contributed by atoms with Crippen LogP contribution in [0, 0.1) is 0 Å². The molecule has 0 aliphatic heterocycles. The van der Waals surface area contributed by atoms with Gasteiger partial charge in [-0.1, -0.05) is 0 Å². The molecule has 29 heavy (non-hydrogen) atoms. The first-order chi connectivity index (χ1) is 13.6. The summed E-state index contributed by atoms with van der Waals surface area (Å²) in [4.78, 5) is 4.15. The Balaban J connectivity index is 2.14. The van der Waals surface area contributed by atoms with Gasteiger partial charge >= 0.3 is 12.5 Å². The van der Waals surface area contributed by atoms with E-state index in [4.69, 9.17) is 4.74 Å². The van der Waals surface area contributed by atoms with E-state index in [0.717, 1.165) is 23.6 Å². The Morgan fingerprint density at radius 3 is 2.41 bits per heavy atom. The molecule has 0 amide bonds. The van der Waals surface area contributed by atoms with Crippen molar-refractivity contribution in [3.05, 3.63) is 42.0 Å². The first kappa shape index (κ1) is 20.9. The summed E-state index contributed by atoms with van der Waals surface area (Å²) in [7, 11) is 2.19. The summed E-state index contributed by atoms with van der Waals surface area (Å²) >= 11 is 0. The number of alkyl halides is 5. The van der Waals surface area contributed by atoms with Crippen LogP contribution >= 0.6 is 0 Å². The Morgan fingerprint density at radius 2 is 1.79 bits per heavy atom. The quantitative estimate of drug-likeness (QED) is 0.562. The van der Waals surface area contributed by atoms with Crippen molar-refractivity contribution in [3.63, 3.8) is 0 Å². The number of aromatic nitrogens is 4. The van der Waals surface area contributed by atoms with Crippen LogP contribution in [-0.4, -0.2) is 40.2 Å². The van der Waals surface area contributed by atoms with E-state index in [9.17, 15) is 22.0 Å². The molecule has 0 bridgehead atoms. The summed E-state index contributed by atoms with van der Waals surface area (Å²) in [5.74, 6) is -1.21. The van der Waals surface area contributed by atoms with E-state index >= 15 is 0 Å². The summed E-state index contributed by atoms with van der Waals surface area (Å²) in [6.07, 6.45) is -6.76. The van der Waals surface area contributed by atoms with Crippen LogP contribution in [0.2, 0.25) is 0 Å². The van der Waals surface area contributed by atoms with Crippen LogP contribution in [0.5, 0.6) is 5.75 Å². The molecule has 1 atom stereocenters. The highest BCUT2D eigenvalue weighted by molar-refractivity contribution is 5.66. The molecule has 0 fully saturated rings. The number of ether oxygens (including phenoxy) is 3. The standard InChI is InChI=1S/C17H15F5N4O3/c1-9(27-2)12-6-10(29-17(20,21)22)4-5-11(12)13-8-26-14(7-23-13)24-25-15(26)16(18,19)28-3/h4-9H,1-3H3. The molecule has 0 N–H and O–H groups in total. The van der Waals surface area contributed by atoms with Gasteiger partial charge in [0.15, 0.2) is 5.65 Å². The third kappa shape index (κ3) is 4.27. The smallest absolute Gasteiger partial charge is 0.406 e. The SMILES string of the molecule is COC(C)c1cc(OC(F)(F)F)ccc1-c1cn2c(C(F)(F)OC)nnc2cn1. The van der Waals surface area contributed by atoms with Gasteiger partial charge in [-0.05, 0) is 30.7 Å². The summed E-state index contributed by atoms with van der Waals surface area (Å²) in [6, 6.07) is 3.58. The van der Waals surface area contributed by atoms with Crippen LogP contribution in [0.4, 0.5) is 22.0 Å². The first-order valence-electron chi connectivity index (χ1n) is 8.13. The van der Waals surface area contributed by atoms with Crippen LogP contribution in [0.3, 0.4) is 0 Å². The molecular weight excluding hydrogens is 403 g/mol. The summed E-state index contributed by atoms with van der Waals surface area (Å²) in [6.45, 7) is 1.61. The lowest BCUT2D eigenvalue weighted by Crippen LogP contribution is -2.19. The molecule has 0 aliphatic carbocycles. The molecule has 3 rings (SSSR count). The minimum Gasteiger partial charge on any atom is -0.406 e. The molecule has 7 nitrogen and oxygen atoms in total. The van der Waals surface area contributed by atoms with Crippen molar-refractivity contribution in [1.29, 1.82) is 0 Å².